The zero-order chi connectivity index (χ0) is 10.3. The van der Waals surface area contributed by atoms with E-state index in [0.717, 1.165) is 16.9 Å². The molecular formula is C11H24OSi. The Morgan fingerprint density at radius 2 is 2.08 bits per heavy atom. The number of rotatable bonds is 7. The summed E-state index contributed by atoms with van der Waals surface area (Å²) in [6, 6.07) is 0. The number of hydrogen-bond donors (Lipinski definition) is 0. The molecule has 1 nitrogen and oxygen atoms in total. The Morgan fingerprint density at radius 3 is 2.46 bits per heavy atom. The van der Waals surface area contributed by atoms with Gasteiger partial charge in [-0.1, -0.05) is 32.4 Å². The first-order valence-electron chi connectivity index (χ1n) is 5.37. The molecule has 0 aromatic carbocycles. The van der Waals surface area contributed by atoms with Gasteiger partial charge in [-0.25, -0.2) is 0 Å². The molecule has 78 valence electrons. The summed E-state index contributed by atoms with van der Waals surface area (Å²) >= 11 is 0. The van der Waals surface area contributed by atoms with Crippen molar-refractivity contribution in [2.45, 2.75) is 52.6 Å². The first kappa shape index (κ1) is 12.9. The molecule has 0 spiro atoms. The van der Waals surface area contributed by atoms with Gasteiger partial charge in [0, 0.05) is 12.0 Å². The van der Waals surface area contributed by atoms with Gasteiger partial charge in [0.1, 0.15) is 10.5 Å². The molecule has 0 rings (SSSR count). The van der Waals surface area contributed by atoms with Crippen LogP contribution in [0.1, 0.15) is 46.5 Å². The average molecular weight is 200 g/mol. The van der Waals surface area contributed by atoms with Crippen molar-refractivity contribution in [2.75, 3.05) is 0 Å². The molecule has 0 aliphatic rings. The molecule has 2 unspecified atom stereocenters. The van der Waals surface area contributed by atoms with Crippen LogP contribution in [0.25, 0.3) is 0 Å². The molecule has 0 aliphatic carbocycles. The van der Waals surface area contributed by atoms with Gasteiger partial charge in [0.25, 0.3) is 0 Å². The second-order valence-corrected chi connectivity index (χ2v) is 4.19. The van der Waals surface area contributed by atoms with Crippen LogP contribution in [-0.2, 0) is 4.43 Å². The zero-order valence-electron chi connectivity index (χ0n) is 9.60. The molecule has 0 aliphatic heterocycles. The summed E-state index contributed by atoms with van der Waals surface area (Å²) in [7, 11) is 0.835. The third-order valence-electron chi connectivity index (χ3n) is 2.75. The molecule has 0 N–H and O–H groups in total. The lowest BCUT2D eigenvalue weighted by molar-refractivity contribution is 0.180. The van der Waals surface area contributed by atoms with E-state index in [1.54, 1.807) is 0 Å². The van der Waals surface area contributed by atoms with E-state index in [1.807, 2.05) is 0 Å². The quantitative estimate of drug-likeness (QED) is 0.453. The third-order valence-corrected chi connectivity index (χ3v) is 3.50. The molecule has 0 aromatic heterocycles. The van der Waals surface area contributed by atoms with Crippen LogP contribution < -0.4 is 0 Å². The fourth-order valence-corrected chi connectivity index (χ4v) is 2.03. The highest BCUT2D eigenvalue weighted by molar-refractivity contribution is 5.98. The summed E-state index contributed by atoms with van der Waals surface area (Å²) < 4.78 is 5.48. The van der Waals surface area contributed by atoms with Crippen LogP contribution in [-0.4, -0.2) is 16.6 Å². The van der Waals surface area contributed by atoms with E-state index >= 15 is 0 Å². The largest absolute Gasteiger partial charge is 0.425 e. The molecule has 13 heavy (non-hydrogen) atoms. The van der Waals surface area contributed by atoms with Crippen LogP contribution >= 0.6 is 0 Å². The standard InChI is InChI=1S/C11H24OSi/c1-5-7-8-9(3)11(6-2)10(4)12-13/h10-11H,3,5-8H2,1-2,4,13H3. The monoisotopic (exact) mass is 200 g/mol. The minimum Gasteiger partial charge on any atom is -0.425 e. The number of unbranched alkanes of at least 4 members (excludes halogenated alkanes) is 1. The van der Waals surface area contributed by atoms with Crippen LogP contribution in [0.2, 0.25) is 0 Å². The SMILES string of the molecule is C=C(CCCC)C(CC)C(C)O[SiH3]. The maximum Gasteiger partial charge on any atom is 0.146 e. The highest BCUT2D eigenvalue weighted by atomic mass is 28.2. The van der Waals surface area contributed by atoms with Crippen LogP contribution in [0.15, 0.2) is 12.2 Å². The lowest BCUT2D eigenvalue weighted by atomic mass is 9.89. The van der Waals surface area contributed by atoms with Gasteiger partial charge in [-0.2, -0.15) is 0 Å². The summed E-state index contributed by atoms with van der Waals surface area (Å²) in [4.78, 5) is 0. The molecule has 0 aromatic rings. The lowest BCUT2D eigenvalue weighted by Crippen LogP contribution is -2.20. The highest BCUT2D eigenvalue weighted by Crippen LogP contribution is 2.23. The van der Waals surface area contributed by atoms with Gasteiger partial charge >= 0.3 is 0 Å². The van der Waals surface area contributed by atoms with Crippen LogP contribution in [0.3, 0.4) is 0 Å². The van der Waals surface area contributed by atoms with Gasteiger partial charge in [0.05, 0.1) is 0 Å². The minimum atomic E-state index is 0.376. The second kappa shape index (κ2) is 7.33. The molecule has 0 fully saturated rings. The van der Waals surface area contributed by atoms with Crippen molar-refractivity contribution in [3.05, 3.63) is 12.2 Å². The minimum absolute atomic E-state index is 0.376. The van der Waals surface area contributed by atoms with Gasteiger partial charge in [-0.3, -0.25) is 0 Å². The third kappa shape index (κ3) is 4.63. The predicted octanol–water partition coefficient (Wildman–Crippen LogP) is 2.44. The predicted molar refractivity (Wildman–Crippen MR) is 62.9 cm³/mol. The van der Waals surface area contributed by atoms with Crippen molar-refractivity contribution in [1.82, 2.24) is 0 Å². The van der Waals surface area contributed by atoms with E-state index in [1.165, 1.54) is 24.8 Å². The van der Waals surface area contributed by atoms with E-state index in [-0.39, 0.29) is 0 Å². The van der Waals surface area contributed by atoms with E-state index in [9.17, 15) is 0 Å². The molecule has 0 radical (unpaired) electrons. The Bertz CT molecular complexity index is 145. The van der Waals surface area contributed by atoms with E-state index in [4.69, 9.17) is 4.43 Å². The van der Waals surface area contributed by atoms with Crippen LogP contribution in [0.4, 0.5) is 0 Å². The van der Waals surface area contributed by atoms with Crippen molar-refractivity contribution in [2.24, 2.45) is 5.92 Å². The fourth-order valence-electron chi connectivity index (χ4n) is 1.71. The molecule has 0 saturated heterocycles. The van der Waals surface area contributed by atoms with Crippen molar-refractivity contribution in [3.8, 4) is 0 Å². The molecule has 0 amide bonds. The van der Waals surface area contributed by atoms with Crippen molar-refractivity contribution >= 4 is 10.5 Å². The molecule has 0 bridgehead atoms. The molecule has 2 atom stereocenters. The summed E-state index contributed by atoms with van der Waals surface area (Å²) in [5, 5.41) is 0. The Labute approximate surface area is 86.1 Å². The lowest BCUT2D eigenvalue weighted by Gasteiger charge is -2.24. The van der Waals surface area contributed by atoms with Gasteiger partial charge < -0.3 is 4.43 Å². The Morgan fingerprint density at radius 1 is 1.46 bits per heavy atom. The topological polar surface area (TPSA) is 9.23 Å². The first-order chi connectivity index (χ1) is 6.17. The molecule has 0 heterocycles. The summed E-state index contributed by atoms with van der Waals surface area (Å²) in [6.07, 6.45) is 5.23. The second-order valence-electron chi connectivity index (χ2n) is 3.72. The van der Waals surface area contributed by atoms with E-state index < -0.39 is 0 Å². The maximum atomic E-state index is 5.48. The van der Waals surface area contributed by atoms with Crippen molar-refractivity contribution < 1.29 is 4.43 Å². The Kier molecular flexibility index (Phi) is 7.29. The van der Waals surface area contributed by atoms with Gasteiger partial charge in [0.15, 0.2) is 0 Å². The average Bonchev–Trinajstić information content (AvgIpc) is 2.15. The normalized spacial score (nSPS) is 15.6. The Balaban J connectivity index is 3.99. The Hall–Kier alpha value is -0.0831. The summed E-state index contributed by atoms with van der Waals surface area (Å²) in [5.74, 6) is 0.573. The van der Waals surface area contributed by atoms with Gasteiger partial charge in [-0.15, -0.1) is 0 Å². The van der Waals surface area contributed by atoms with Crippen molar-refractivity contribution in [1.29, 1.82) is 0 Å². The summed E-state index contributed by atoms with van der Waals surface area (Å²) in [5.41, 5.74) is 1.38. The van der Waals surface area contributed by atoms with Gasteiger partial charge in [-0.05, 0) is 26.2 Å². The maximum absolute atomic E-state index is 5.48. The summed E-state index contributed by atoms with van der Waals surface area (Å²) in [6.45, 7) is 10.8. The molecule has 0 saturated carbocycles. The smallest absolute Gasteiger partial charge is 0.146 e. The number of hydrogen-bond acceptors (Lipinski definition) is 1. The first-order valence-corrected chi connectivity index (χ1v) is 6.19. The molecule has 2 heteroatoms. The van der Waals surface area contributed by atoms with Crippen LogP contribution in [0.5, 0.6) is 0 Å². The van der Waals surface area contributed by atoms with Crippen molar-refractivity contribution in [3.63, 3.8) is 0 Å². The fraction of sp³-hybridized carbons (Fsp3) is 0.818. The van der Waals surface area contributed by atoms with E-state index in [2.05, 4.69) is 27.4 Å². The van der Waals surface area contributed by atoms with E-state index in [0.29, 0.717) is 12.0 Å². The zero-order valence-corrected chi connectivity index (χ0v) is 11.6. The van der Waals surface area contributed by atoms with Crippen LogP contribution in [0, 0.1) is 5.92 Å². The molecular weight excluding hydrogens is 176 g/mol. The highest BCUT2D eigenvalue weighted by Gasteiger charge is 2.16. The van der Waals surface area contributed by atoms with Gasteiger partial charge in [0.2, 0.25) is 0 Å².